The maximum Gasteiger partial charge on any atom is 0.328 e. The summed E-state index contributed by atoms with van der Waals surface area (Å²) in [7, 11) is 3.56. The van der Waals surface area contributed by atoms with Gasteiger partial charge in [-0.3, -0.25) is 9.25 Å². The first kappa shape index (κ1) is 12.0. The largest absolute Gasteiger partial charge is 0.328 e. The summed E-state index contributed by atoms with van der Waals surface area (Å²) < 4.78 is 4.88. The molecule has 0 N–H and O–H groups in total. The third kappa shape index (κ3) is 2.02. The second kappa shape index (κ2) is 4.41. The molecule has 0 bridgehead atoms. The van der Waals surface area contributed by atoms with Crippen molar-refractivity contribution in [1.29, 1.82) is 0 Å². The first-order valence-electron chi connectivity index (χ1n) is 5.46. The van der Waals surface area contributed by atoms with Crippen LogP contribution in [0.15, 0.2) is 17.2 Å². The Morgan fingerprint density at radius 2 is 2.06 bits per heavy atom. The zero-order valence-electron chi connectivity index (χ0n) is 10.1. The molecule has 0 atom stereocenters. The van der Waals surface area contributed by atoms with Crippen LogP contribution in [0.25, 0.3) is 0 Å². The number of halogens is 1. The van der Waals surface area contributed by atoms with Crippen LogP contribution in [-0.4, -0.2) is 18.9 Å². The maximum atomic E-state index is 11.7. The van der Waals surface area contributed by atoms with Crippen LogP contribution in [0.4, 0.5) is 0 Å². The Bertz CT molecular complexity index is 593. The van der Waals surface area contributed by atoms with Crippen LogP contribution < -0.4 is 5.69 Å². The number of aryl methyl sites for hydroxylation is 3. The monoisotopic (exact) mass is 254 g/mol. The van der Waals surface area contributed by atoms with E-state index in [9.17, 15) is 4.79 Å². The predicted molar refractivity (Wildman–Crippen MR) is 66.4 cm³/mol. The van der Waals surface area contributed by atoms with Gasteiger partial charge in [-0.05, 0) is 6.42 Å². The number of hydrogen-bond donors (Lipinski definition) is 0. The lowest BCUT2D eigenvalue weighted by Crippen LogP contribution is -2.23. The van der Waals surface area contributed by atoms with E-state index in [1.165, 1.54) is 4.57 Å². The van der Waals surface area contributed by atoms with E-state index < -0.39 is 0 Å². The van der Waals surface area contributed by atoms with Crippen molar-refractivity contribution in [2.75, 3.05) is 0 Å². The van der Waals surface area contributed by atoms with Gasteiger partial charge in [-0.15, -0.1) is 0 Å². The fourth-order valence-electron chi connectivity index (χ4n) is 1.78. The molecule has 2 aromatic rings. The van der Waals surface area contributed by atoms with Gasteiger partial charge in [-0.25, -0.2) is 4.79 Å². The molecule has 0 saturated heterocycles. The van der Waals surface area contributed by atoms with Crippen LogP contribution in [-0.2, 0) is 27.1 Å². The highest BCUT2D eigenvalue weighted by Gasteiger charge is 2.14. The number of rotatable bonds is 3. The Morgan fingerprint density at radius 3 is 2.53 bits per heavy atom. The van der Waals surface area contributed by atoms with Crippen LogP contribution in [0.2, 0.25) is 5.02 Å². The van der Waals surface area contributed by atoms with Crippen LogP contribution in [0.5, 0.6) is 0 Å². The van der Waals surface area contributed by atoms with Crippen molar-refractivity contribution < 1.29 is 0 Å². The zero-order chi connectivity index (χ0) is 12.6. The molecule has 0 amide bonds. The average Bonchev–Trinajstić information content (AvgIpc) is 2.76. The van der Waals surface area contributed by atoms with Gasteiger partial charge in [0.15, 0.2) is 0 Å². The summed E-state index contributed by atoms with van der Waals surface area (Å²) in [5, 5.41) is 4.98. The van der Waals surface area contributed by atoms with Gasteiger partial charge < -0.3 is 4.57 Å². The molecule has 0 aromatic carbocycles. The molecule has 2 heterocycles. The molecule has 0 aliphatic rings. The van der Waals surface area contributed by atoms with E-state index in [0.717, 1.165) is 17.8 Å². The van der Waals surface area contributed by atoms with Crippen molar-refractivity contribution in [2.24, 2.45) is 14.1 Å². The smallest absolute Gasteiger partial charge is 0.302 e. The highest BCUT2D eigenvalue weighted by atomic mass is 35.5. The molecular formula is C11H15ClN4O. The molecule has 0 fully saturated rings. The first-order chi connectivity index (χ1) is 8.04. The molecule has 0 aliphatic heterocycles. The molecule has 0 radical (unpaired) electrons. The lowest BCUT2D eigenvalue weighted by Gasteiger charge is -2.02. The molecule has 0 spiro atoms. The zero-order valence-corrected chi connectivity index (χ0v) is 10.9. The summed E-state index contributed by atoms with van der Waals surface area (Å²) in [6.45, 7) is 2.45. The molecule has 6 heteroatoms. The highest BCUT2D eigenvalue weighted by molar-refractivity contribution is 6.31. The summed E-state index contributed by atoms with van der Waals surface area (Å²) >= 11 is 6.23. The van der Waals surface area contributed by atoms with E-state index in [1.54, 1.807) is 28.7 Å². The average molecular weight is 255 g/mol. The maximum absolute atomic E-state index is 11.7. The van der Waals surface area contributed by atoms with Crippen molar-refractivity contribution in [3.63, 3.8) is 0 Å². The van der Waals surface area contributed by atoms with Gasteiger partial charge >= 0.3 is 5.69 Å². The Hall–Kier alpha value is -1.49. The van der Waals surface area contributed by atoms with Crippen LogP contribution in [0.3, 0.4) is 0 Å². The quantitative estimate of drug-likeness (QED) is 0.826. The van der Waals surface area contributed by atoms with E-state index in [1.807, 2.05) is 14.0 Å². The molecular weight excluding hydrogens is 240 g/mol. The highest BCUT2D eigenvalue weighted by Crippen LogP contribution is 2.21. The Balaban J connectivity index is 2.40. The van der Waals surface area contributed by atoms with E-state index in [-0.39, 0.29) is 5.69 Å². The van der Waals surface area contributed by atoms with Crippen LogP contribution in [0.1, 0.15) is 18.3 Å². The van der Waals surface area contributed by atoms with Crippen molar-refractivity contribution >= 4 is 11.6 Å². The topological polar surface area (TPSA) is 44.8 Å². The number of imidazole rings is 1. The molecule has 2 rings (SSSR count). The van der Waals surface area contributed by atoms with E-state index >= 15 is 0 Å². The SMILES string of the molecule is CCc1nn(C)c(Cn2ccn(C)c2=O)c1Cl. The third-order valence-electron chi connectivity index (χ3n) is 2.84. The number of hydrogen-bond acceptors (Lipinski definition) is 2. The van der Waals surface area contributed by atoms with Crippen LogP contribution >= 0.6 is 11.6 Å². The lowest BCUT2D eigenvalue weighted by molar-refractivity contribution is 0.639. The van der Waals surface area contributed by atoms with Crippen molar-refractivity contribution in [1.82, 2.24) is 18.9 Å². The normalized spacial score (nSPS) is 11.1. The van der Waals surface area contributed by atoms with E-state index in [4.69, 9.17) is 11.6 Å². The van der Waals surface area contributed by atoms with Gasteiger partial charge in [0.05, 0.1) is 23.0 Å². The molecule has 92 valence electrons. The fraction of sp³-hybridized carbons (Fsp3) is 0.455. The summed E-state index contributed by atoms with van der Waals surface area (Å²) in [6, 6.07) is 0. The van der Waals surface area contributed by atoms with Crippen molar-refractivity contribution in [2.45, 2.75) is 19.9 Å². The molecule has 0 aliphatic carbocycles. The second-order valence-corrected chi connectivity index (χ2v) is 4.38. The minimum atomic E-state index is -0.0553. The molecule has 0 unspecified atom stereocenters. The van der Waals surface area contributed by atoms with Crippen molar-refractivity contribution in [3.05, 3.63) is 39.3 Å². The molecule has 5 nitrogen and oxygen atoms in total. The summed E-state index contributed by atoms with van der Waals surface area (Å²) in [4.78, 5) is 11.7. The molecule has 0 saturated carbocycles. The standard InChI is InChI=1S/C11H15ClN4O/c1-4-8-10(12)9(15(3)13-8)7-16-6-5-14(2)11(16)17/h5-6H,4,7H2,1-3H3. The van der Waals surface area contributed by atoms with Gasteiger partial charge in [-0.2, -0.15) is 5.10 Å². The minimum Gasteiger partial charge on any atom is -0.302 e. The van der Waals surface area contributed by atoms with Gasteiger partial charge in [-0.1, -0.05) is 18.5 Å². The Kier molecular flexibility index (Phi) is 3.11. The van der Waals surface area contributed by atoms with Gasteiger partial charge in [0.1, 0.15) is 0 Å². The van der Waals surface area contributed by atoms with Gasteiger partial charge in [0.2, 0.25) is 0 Å². The van der Waals surface area contributed by atoms with Crippen LogP contribution in [0, 0.1) is 0 Å². The molecule has 17 heavy (non-hydrogen) atoms. The second-order valence-electron chi connectivity index (χ2n) is 4.00. The van der Waals surface area contributed by atoms with E-state index in [2.05, 4.69) is 5.10 Å². The van der Waals surface area contributed by atoms with Crippen molar-refractivity contribution in [3.8, 4) is 0 Å². The predicted octanol–water partition coefficient (Wildman–Crippen LogP) is 1.18. The Labute approximate surface area is 104 Å². The summed E-state index contributed by atoms with van der Waals surface area (Å²) in [6.07, 6.45) is 4.26. The summed E-state index contributed by atoms with van der Waals surface area (Å²) in [5.41, 5.74) is 1.67. The summed E-state index contributed by atoms with van der Waals surface area (Å²) in [5.74, 6) is 0. The van der Waals surface area contributed by atoms with Gasteiger partial charge in [0, 0.05) is 26.5 Å². The third-order valence-corrected chi connectivity index (χ3v) is 3.28. The fourth-order valence-corrected chi connectivity index (χ4v) is 2.14. The van der Waals surface area contributed by atoms with Gasteiger partial charge in [0.25, 0.3) is 0 Å². The Morgan fingerprint density at radius 1 is 1.35 bits per heavy atom. The molecule has 2 aromatic heterocycles. The first-order valence-corrected chi connectivity index (χ1v) is 5.84. The number of nitrogens with zero attached hydrogens (tertiary/aromatic N) is 4. The van der Waals surface area contributed by atoms with E-state index in [0.29, 0.717) is 11.6 Å². The minimum absolute atomic E-state index is 0.0553. The number of aromatic nitrogens is 4. The lowest BCUT2D eigenvalue weighted by atomic mass is 10.3.